The minimum Gasteiger partial charge on any atom is -0.476 e. The summed E-state index contributed by atoms with van der Waals surface area (Å²) < 4.78 is 0. The fraction of sp³-hybridized carbons (Fsp3) is 0.286. The monoisotopic (exact) mass is 167 g/mol. The van der Waals surface area contributed by atoms with E-state index < -0.39 is 5.97 Å². The van der Waals surface area contributed by atoms with E-state index in [0.29, 0.717) is 5.82 Å². The molecule has 5 nitrogen and oxygen atoms in total. The molecule has 0 aliphatic rings. The van der Waals surface area contributed by atoms with Crippen molar-refractivity contribution in [2.24, 2.45) is 0 Å². The molecule has 12 heavy (non-hydrogen) atoms. The van der Waals surface area contributed by atoms with Gasteiger partial charge in [-0.05, 0) is 18.6 Å². The lowest BCUT2D eigenvalue weighted by Gasteiger charge is -2.01. The summed E-state index contributed by atoms with van der Waals surface area (Å²) in [6.45, 7) is 1.77. The Morgan fingerprint density at radius 1 is 1.58 bits per heavy atom. The maximum Gasteiger partial charge on any atom is 0.356 e. The van der Waals surface area contributed by atoms with Crippen LogP contribution in [0.5, 0.6) is 0 Å². The molecule has 1 rings (SSSR count). The molecule has 0 amide bonds. The third-order valence-electron chi connectivity index (χ3n) is 1.44. The molecule has 0 aliphatic heterocycles. The summed E-state index contributed by atoms with van der Waals surface area (Å²) in [4.78, 5) is 10.4. The SMILES string of the molecule is CNc1nnc(C(=O)O)cc1C. The lowest BCUT2D eigenvalue weighted by molar-refractivity contribution is 0.0689. The number of nitrogens with zero attached hydrogens (tertiary/aromatic N) is 2. The van der Waals surface area contributed by atoms with E-state index in [1.807, 2.05) is 0 Å². The molecule has 0 unspecified atom stereocenters. The number of hydrogen-bond acceptors (Lipinski definition) is 4. The molecule has 0 radical (unpaired) electrons. The average molecular weight is 167 g/mol. The molecule has 5 heteroatoms. The normalized spacial score (nSPS) is 9.50. The van der Waals surface area contributed by atoms with Gasteiger partial charge in [0.05, 0.1) is 0 Å². The number of carboxylic acid groups (broad SMARTS) is 1. The van der Waals surface area contributed by atoms with Crippen molar-refractivity contribution in [3.8, 4) is 0 Å². The van der Waals surface area contributed by atoms with Crippen molar-refractivity contribution < 1.29 is 9.90 Å². The number of aromatic nitrogens is 2. The van der Waals surface area contributed by atoms with Crippen LogP contribution in [0.2, 0.25) is 0 Å². The Labute approximate surface area is 69.4 Å². The first-order valence-electron chi connectivity index (χ1n) is 3.40. The predicted molar refractivity (Wildman–Crippen MR) is 43.3 cm³/mol. The second-order valence-corrected chi connectivity index (χ2v) is 2.32. The number of carbonyl (C=O) groups is 1. The first-order chi connectivity index (χ1) is 5.65. The van der Waals surface area contributed by atoms with E-state index in [-0.39, 0.29) is 5.69 Å². The fourth-order valence-corrected chi connectivity index (χ4v) is 0.837. The third-order valence-corrected chi connectivity index (χ3v) is 1.44. The van der Waals surface area contributed by atoms with Crippen molar-refractivity contribution in [3.63, 3.8) is 0 Å². The Hall–Kier alpha value is -1.65. The van der Waals surface area contributed by atoms with Crippen molar-refractivity contribution in [2.75, 3.05) is 12.4 Å². The Balaban J connectivity index is 3.10. The second kappa shape index (κ2) is 3.17. The molecule has 0 saturated heterocycles. The van der Waals surface area contributed by atoms with Gasteiger partial charge in [-0.15, -0.1) is 10.2 Å². The van der Waals surface area contributed by atoms with Crippen LogP contribution in [0.3, 0.4) is 0 Å². The topological polar surface area (TPSA) is 75.1 Å². The fourth-order valence-electron chi connectivity index (χ4n) is 0.837. The summed E-state index contributed by atoms with van der Waals surface area (Å²) in [5.41, 5.74) is 0.733. The summed E-state index contributed by atoms with van der Waals surface area (Å²) in [5, 5.41) is 18.5. The van der Waals surface area contributed by atoms with Crippen LogP contribution in [0.4, 0.5) is 5.82 Å². The number of anilines is 1. The second-order valence-electron chi connectivity index (χ2n) is 2.32. The standard InChI is InChI=1S/C7H9N3O2/c1-4-3-5(7(11)12)9-10-6(4)8-2/h3H,1-2H3,(H,8,10)(H,11,12). The van der Waals surface area contributed by atoms with Crippen LogP contribution >= 0.6 is 0 Å². The van der Waals surface area contributed by atoms with E-state index in [1.54, 1.807) is 14.0 Å². The van der Waals surface area contributed by atoms with Crippen LogP contribution in [-0.2, 0) is 0 Å². The first kappa shape index (κ1) is 8.45. The summed E-state index contributed by atoms with van der Waals surface area (Å²) in [6.07, 6.45) is 0. The minimum atomic E-state index is -1.06. The Kier molecular flexibility index (Phi) is 2.23. The van der Waals surface area contributed by atoms with Gasteiger partial charge in [0, 0.05) is 7.05 Å². The van der Waals surface area contributed by atoms with Gasteiger partial charge in [-0.25, -0.2) is 4.79 Å². The predicted octanol–water partition coefficient (Wildman–Crippen LogP) is 0.525. The number of hydrogen-bond donors (Lipinski definition) is 2. The van der Waals surface area contributed by atoms with Crippen molar-refractivity contribution in [2.45, 2.75) is 6.92 Å². The Morgan fingerprint density at radius 3 is 2.67 bits per heavy atom. The largest absolute Gasteiger partial charge is 0.476 e. The van der Waals surface area contributed by atoms with E-state index in [4.69, 9.17) is 5.11 Å². The van der Waals surface area contributed by atoms with E-state index in [2.05, 4.69) is 15.5 Å². The number of aromatic carboxylic acids is 1. The van der Waals surface area contributed by atoms with Crippen molar-refractivity contribution in [1.82, 2.24) is 10.2 Å². The van der Waals surface area contributed by atoms with Gasteiger partial charge >= 0.3 is 5.97 Å². The van der Waals surface area contributed by atoms with Crippen LogP contribution in [0, 0.1) is 6.92 Å². The van der Waals surface area contributed by atoms with Gasteiger partial charge in [0.15, 0.2) is 11.5 Å². The molecule has 1 aromatic heterocycles. The van der Waals surface area contributed by atoms with E-state index in [1.165, 1.54) is 6.07 Å². The highest BCUT2D eigenvalue weighted by atomic mass is 16.4. The van der Waals surface area contributed by atoms with Gasteiger partial charge in [-0.2, -0.15) is 0 Å². The van der Waals surface area contributed by atoms with Gasteiger partial charge < -0.3 is 10.4 Å². The van der Waals surface area contributed by atoms with Gasteiger partial charge in [-0.1, -0.05) is 0 Å². The van der Waals surface area contributed by atoms with Crippen LogP contribution in [0.25, 0.3) is 0 Å². The molecule has 2 N–H and O–H groups in total. The zero-order valence-corrected chi connectivity index (χ0v) is 6.83. The molecule has 0 bridgehead atoms. The summed E-state index contributed by atoms with van der Waals surface area (Å²) in [7, 11) is 1.71. The molecular weight excluding hydrogens is 158 g/mol. The highest BCUT2D eigenvalue weighted by molar-refractivity contribution is 5.85. The molecular formula is C7H9N3O2. The number of aryl methyl sites for hydroxylation is 1. The van der Waals surface area contributed by atoms with Crippen molar-refractivity contribution >= 4 is 11.8 Å². The molecule has 0 saturated carbocycles. The van der Waals surface area contributed by atoms with Crippen LogP contribution in [0.15, 0.2) is 6.07 Å². The number of rotatable bonds is 2. The van der Waals surface area contributed by atoms with Crippen molar-refractivity contribution in [3.05, 3.63) is 17.3 Å². The first-order valence-corrected chi connectivity index (χ1v) is 3.40. The molecule has 64 valence electrons. The van der Waals surface area contributed by atoms with Crippen LogP contribution in [0.1, 0.15) is 16.1 Å². The highest BCUT2D eigenvalue weighted by Crippen LogP contribution is 2.09. The zero-order valence-electron chi connectivity index (χ0n) is 6.83. The summed E-state index contributed by atoms with van der Waals surface area (Å²) >= 11 is 0. The van der Waals surface area contributed by atoms with E-state index in [0.717, 1.165) is 5.56 Å². The van der Waals surface area contributed by atoms with Gasteiger partial charge in [-0.3, -0.25) is 0 Å². The van der Waals surface area contributed by atoms with E-state index in [9.17, 15) is 4.79 Å². The maximum absolute atomic E-state index is 10.4. The lowest BCUT2D eigenvalue weighted by Crippen LogP contribution is -2.05. The van der Waals surface area contributed by atoms with Crippen LogP contribution in [-0.4, -0.2) is 28.3 Å². The molecule has 0 fully saturated rings. The number of nitrogens with one attached hydrogen (secondary N) is 1. The summed E-state index contributed by atoms with van der Waals surface area (Å²) in [6, 6.07) is 1.47. The number of carboxylic acids is 1. The molecule has 1 aromatic rings. The molecule has 0 aliphatic carbocycles. The van der Waals surface area contributed by atoms with Gasteiger partial charge in [0.2, 0.25) is 0 Å². The average Bonchev–Trinajstić information content (AvgIpc) is 2.04. The van der Waals surface area contributed by atoms with Crippen molar-refractivity contribution in [1.29, 1.82) is 0 Å². The Bertz CT molecular complexity index is 312. The highest BCUT2D eigenvalue weighted by Gasteiger charge is 2.07. The molecule has 0 aromatic carbocycles. The third kappa shape index (κ3) is 1.50. The molecule has 1 heterocycles. The molecule has 0 atom stereocenters. The molecule has 0 spiro atoms. The van der Waals surface area contributed by atoms with Crippen LogP contribution < -0.4 is 5.32 Å². The van der Waals surface area contributed by atoms with Gasteiger partial charge in [0.25, 0.3) is 0 Å². The quantitative estimate of drug-likeness (QED) is 0.671. The smallest absolute Gasteiger partial charge is 0.356 e. The zero-order chi connectivity index (χ0) is 9.14. The Morgan fingerprint density at radius 2 is 2.25 bits per heavy atom. The van der Waals surface area contributed by atoms with Gasteiger partial charge in [0.1, 0.15) is 0 Å². The van der Waals surface area contributed by atoms with E-state index >= 15 is 0 Å². The summed E-state index contributed by atoms with van der Waals surface area (Å²) in [5.74, 6) is -0.465. The minimum absolute atomic E-state index is 0.0356. The lowest BCUT2D eigenvalue weighted by atomic mass is 10.2. The maximum atomic E-state index is 10.4.